The van der Waals surface area contributed by atoms with Gasteiger partial charge >= 0.3 is 0 Å². The number of carbonyl (C=O) groups excluding carboxylic acids is 1. The molecule has 0 spiro atoms. The van der Waals surface area contributed by atoms with Crippen molar-refractivity contribution < 1.29 is 13.2 Å². The van der Waals surface area contributed by atoms with E-state index in [4.69, 9.17) is 0 Å². The van der Waals surface area contributed by atoms with Gasteiger partial charge < -0.3 is 10.2 Å². The molecular weight excluding hydrogens is 376 g/mol. The predicted octanol–water partition coefficient (Wildman–Crippen LogP) is 2.55. The number of pyridine rings is 1. The van der Waals surface area contributed by atoms with E-state index in [2.05, 4.69) is 19.9 Å². The Morgan fingerprint density at radius 2 is 1.79 bits per heavy atom. The topological polar surface area (TPSA) is 91.4 Å². The maximum atomic E-state index is 12.2. The highest BCUT2D eigenvalue weighted by atomic mass is 32.2. The van der Waals surface area contributed by atoms with Gasteiger partial charge in [0.25, 0.3) is 0 Å². The summed E-state index contributed by atoms with van der Waals surface area (Å²) in [6.45, 7) is 2.11. The van der Waals surface area contributed by atoms with Crippen LogP contribution in [-0.4, -0.2) is 39.4 Å². The van der Waals surface area contributed by atoms with Crippen LogP contribution in [0.25, 0.3) is 0 Å². The Morgan fingerprint density at radius 3 is 2.39 bits per heavy atom. The van der Waals surface area contributed by atoms with E-state index >= 15 is 0 Å². The Labute approximate surface area is 166 Å². The third-order valence-electron chi connectivity index (χ3n) is 4.88. The average molecular weight is 403 g/mol. The van der Waals surface area contributed by atoms with E-state index in [1.165, 1.54) is 26.3 Å². The first-order valence-corrected chi connectivity index (χ1v) is 11.0. The minimum Gasteiger partial charge on any atom is -0.370 e. The average Bonchev–Trinajstić information content (AvgIpc) is 2.74. The molecule has 1 aromatic heterocycles. The van der Waals surface area contributed by atoms with E-state index in [1.807, 2.05) is 18.3 Å². The molecule has 2 heterocycles. The highest BCUT2D eigenvalue weighted by Crippen LogP contribution is 2.20. The number of hydrogen-bond donors (Lipinski definition) is 2. The van der Waals surface area contributed by atoms with Crippen LogP contribution >= 0.6 is 0 Å². The minimum atomic E-state index is -3.44. The first kappa shape index (κ1) is 20.3. The molecule has 1 aliphatic heterocycles. The first-order chi connectivity index (χ1) is 13.5. The van der Waals surface area contributed by atoms with Crippen LogP contribution in [0.1, 0.15) is 31.2 Å². The Kier molecular flexibility index (Phi) is 6.64. The normalized spacial score (nSPS) is 14.7. The van der Waals surface area contributed by atoms with Gasteiger partial charge in [-0.3, -0.25) is 4.79 Å². The summed E-state index contributed by atoms with van der Waals surface area (Å²) >= 11 is 0. The Morgan fingerprint density at radius 1 is 1.07 bits per heavy atom. The Hall–Kier alpha value is -2.45. The number of aryl methyl sites for hydroxylation is 1. The highest BCUT2D eigenvalue weighted by Gasteiger charge is 2.12. The molecule has 3 rings (SSSR count). The molecule has 2 aromatic rings. The molecule has 7 nitrogen and oxygen atoms in total. The van der Waals surface area contributed by atoms with Gasteiger partial charge in [0.2, 0.25) is 15.9 Å². The van der Waals surface area contributed by atoms with Crippen molar-refractivity contribution in [3.8, 4) is 0 Å². The van der Waals surface area contributed by atoms with Crippen molar-refractivity contribution in [2.75, 3.05) is 30.4 Å². The molecule has 0 saturated carbocycles. The third-order valence-corrected chi connectivity index (χ3v) is 6.31. The third kappa shape index (κ3) is 5.30. The van der Waals surface area contributed by atoms with Crippen LogP contribution in [0.4, 0.5) is 11.5 Å². The zero-order valence-corrected chi connectivity index (χ0v) is 16.8. The maximum Gasteiger partial charge on any atom is 0.240 e. The van der Waals surface area contributed by atoms with Gasteiger partial charge in [-0.05, 0) is 62.6 Å². The smallest absolute Gasteiger partial charge is 0.240 e. The molecule has 1 saturated heterocycles. The van der Waals surface area contributed by atoms with Gasteiger partial charge in [-0.25, -0.2) is 18.1 Å². The van der Waals surface area contributed by atoms with Crippen molar-refractivity contribution in [3.63, 3.8) is 0 Å². The standard InChI is InChI=1S/C20H26N4O3S/c1-21-28(26,27)18-9-5-16(6-10-18)7-12-20(25)23-19-11-8-17(15-22-19)24-13-3-2-4-14-24/h5-6,8-11,15,21H,2-4,7,12-14H2,1H3,(H,22,23,25). The van der Waals surface area contributed by atoms with Gasteiger partial charge in [0.05, 0.1) is 16.8 Å². The van der Waals surface area contributed by atoms with E-state index < -0.39 is 10.0 Å². The lowest BCUT2D eigenvalue weighted by atomic mass is 10.1. The molecule has 1 aromatic carbocycles. The van der Waals surface area contributed by atoms with Crippen LogP contribution in [0.2, 0.25) is 0 Å². The van der Waals surface area contributed by atoms with Gasteiger partial charge in [0.15, 0.2) is 0 Å². The lowest BCUT2D eigenvalue weighted by molar-refractivity contribution is -0.116. The second-order valence-corrected chi connectivity index (χ2v) is 8.74. The van der Waals surface area contributed by atoms with Crippen molar-refractivity contribution in [1.82, 2.24) is 9.71 Å². The molecule has 1 fully saturated rings. The van der Waals surface area contributed by atoms with Gasteiger partial charge in [-0.15, -0.1) is 0 Å². The molecule has 150 valence electrons. The number of sulfonamides is 1. The number of benzene rings is 1. The molecule has 0 radical (unpaired) electrons. The van der Waals surface area contributed by atoms with E-state index in [0.29, 0.717) is 18.7 Å². The second-order valence-electron chi connectivity index (χ2n) is 6.85. The fourth-order valence-electron chi connectivity index (χ4n) is 3.22. The zero-order chi connectivity index (χ0) is 20.0. The Bertz CT molecular complexity index is 890. The summed E-state index contributed by atoms with van der Waals surface area (Å²) in [4.78, 5) is 19.1. The van der Waals surface area contributed by atoms with Gasteiger partial charge in [0.1, 0.15) is 5.82 Å². The van der Waals surface area contributed by atoms with Gasteiger partial charge in [-0.2, -0.15) is 0 Å². The number of carbonyl (C=O) groups is 1. The minimum absolute atomic E-state index is 0.120. The fraction of sp³-hybridized carbons (Fsp3) is 0.400. The zero-order valence-electron chi connectivity index (χ0n) is 16.0. The number of nitrogens with zero attached hydrogens (tertiary/aromatic N) is 2. The van der Waals surface area contributed by atoms with Crippen LogP contribution in [-0.2, 0) is 21.2 Å². The van der Waals surface area contributed by atoms with Gasteiger partial charge in [-0.1, -0.05) is 12.1 Å². The fourth-order valence-corrected chi connectivity index (χ4v) is 3.95. The van der Waals surface area contributed by atoms with Crippen LogP contribution in [0, 0.1) is 0 Å². The van der Waals surface area contributed by atoms with Crippen LogP contribution < -0.4 is 14.9 Å². The molecule has 1 amide bonds. The predicted molar refractivity (Wildman–Crippen MR) is 110 cm³/mol. The Balaban J connectivity index is 1.50. The molecule has 8 heteroatoms. The van der Waals surface area contributed by atoms with Crippen molar-refractivity contribution in [2.24, 2.45) is 0 Å². The first-order valence-electron chi connectivity index (χ1n) is 9.51. The molecule has 0 aliphatic carbocycles. The molecular formula is C20H26N4O3S. The molecule has 0 atom stereocenters. The second kappa shape index (κ2) is 9.16. The lowest BCUT2D eigenvalue weighted by Crippen LogP contribution is -2.29. The van der Waals surface area contributed by atoms with Crippen molar-refractivity contribution in [1.29, 1.82) is 0 Å². The number of hydrogen-bond acceptors (Lipinski definition) is 5. The summed E-state index contributed by atoms with van der Waals surface area (Å²) in [6, 6.07) is 10.4. The van der Waals surface area contributed by atoms with Crippen molar-refractivity contribution >= 4 is 27.4 Å². The molecule has 1 aliphatic rings. The van der Waals surface area contributed by atoms with Crippen LogP contribution in [0.5, 0.6) is 0 Å². The number of nitrogens with one attached hydrogen (secondary N) is 2. The van der Waals surface area contributed by atoms with E-state index in [9.17, 15) is 13.2 Å². The largest absolute Gasteiger partial charge is 0.370 e. The van der Waals surface area contributed by atoms with Gasteiger partial charge in [0, 0.05) is 19.5 Å². The highest BCUT2D eigenvalue weighted by molar-refractivity contribution is 7.89. The summed E-state index contributed by atoms with van der Waals surface area (Å²) in [6.07, 6.45) is 6.33. The number of aromatic nitrogens is 1. The summed E-state index contributed by atoms with van der Waals surface area (Å²) in [7, 11) is -2.06. The molecule has 2 N–H and O–H groups in total. The molecule has 0 unspecified atom stereocenters. The van der Waals surface area contributed by atoms with Crippen molar-refractivity contribution in [2.45, 2.75) is 37.0 Å². The number of piperidine rings is 1. The summed E-state index contributed by atoms with van der Waals surface area (Å²) in [5.74, 6) is 0.423. The monoisotopic (exact) mass is 402 g/mol. The van der Waals surface area contributed by atoms with Crippen molar-refractivity contribution in [3.05, 3.63) is 48.2 Å². The van der Waals surface area contributed by atoms with Crippen LogP contribution in [0.15, 0.2) is 47.5 Å². The van der Waals surface area contributed by atoms with E-state index in [-0.39, 0.29) is 10.8 Å². The number of amides is 1. The molecule has 0 bridgehead atoms. The van der Waals surface area contributed by atoms with E-state index in [0.717, 1.165) is 24.3 Å². The number of rotatable bonds is 7. The maximum absolute atomic E-state index is 12.2. The quantitative estimate of drug-likeness (QED) is 0.743. The molecule has 28 heavy (non-hydrogen) atoms. The summed E-state index contributed by atoms with van der Waals surface area (Å²) in [5.41, 5.74) is 1.99. The van der Waals surface area contributed by atoms with E-state index in [1.54, 1.807) is 24.3 Å². The SMILES string of the molecule is CNS(=O)(=O)c1ccc(CCC(=O)Nc2ccc(N3CCCCC3)cn2)cc1. The number of anilines is 2. The lowest BCUT2D eigenvalue weighted by Gasteiger charge is -2.28. The summed E-state index contributed by atoms with van der Waals surface area (Å²) < 4.78 is 25.7. The summed E-state index contributed by atoms with van der Waals surface area (Å²) in [5, 5.41) is 2.81. The van der Waals surface area contributed by atoms with Crippen LogP contribution in [0.3, 0.4) is 0 Å².